The Bertz CT molecular complexity index is 653. The van der Waals surface area contributed by atoms with Crippen molar-refractivity contribution in [1.29, 1.82) is 0 Å². The lowest BCUT2D eigenvalue weighted by molar-refractivity contribution is -0.0310. The number of allylic oxidation sites excluding steroid dienone is 2. The maximum Gasteiger partial charge on any atom is -0.0174 e. The fraction of sp³-hybridized carbons (Fsp3) is 0.939. The highest BCUT2D eigenvalue weighted by Crippen LogP contribution is 2.69. The van der Waals surface area contributed by atoms with Crippen molar-refractivity contribution in [3.05, 3.63) is 12.2 Å². The molecule has 0 aliphatic heterocycles. The van der Waals surface area contributed by atoms with E-state index in [9.17, 15) is 0 Å². The maximum atomic E-state index is 2.61. The van der Waals surface area contributed by atoms with Gasteiger partial charge in [0.05, 0.1) is 0 Å². The molecular weight excluding hydrogens is 396 g/mol. The van der Waals surface area contributed by atoms with Crippen LogP contribution in [0.15, 0.2) is 12.2 Å². The molecule has 0 bridgehead atoms. The van der Waals surface area contributed by atoms with Gasteiger partial charge in [-0.2, -0.15) is 0 Å². The molecule has 0 aromatic rings. The van der Waals surface area contributed by atoms with Crippen molar-refractivity contribution >= 4 is 0 Å². The summed E-state index contributed by atoms with van der Waals surface area (Å²) in [5.41, 5.74) is 1.86. The topological polar surface area (TPSA) is 0 Å². The molecule has 0 radical (unpaired) electrons. The molecule has 0 nitrogen and oxygen atoms in total. The van der Waals surface area contributed by atoms with Crippen molar-refractivity contribution in [3.63, 3.8) is 0 Å². The summed E-state index contributed by atoms with van der Waals surface area (Å²) in [5.74, 6) is 5.77. The first-order valence-corrected chi connectivity index (χ1v) is 14.7. The van der Waals surface area contributed by atoms with Gasteiger partial charge < -0.3 is 0 Å². The molecule has 2 aliphatic carbocycles. The van der Waals surface area contributed by atoms with Gasteiger partial charge in [-0.25, -0.2) is 0 Å². The minimum atomic E-state index is 0.339. The highest BCUT2D eigenvalue weighted by atomic mass is 14.6. The lowest BCUT2D eigenvalue weighted by Gasteiger charge is -2.52. The van der Waals surface area contributed by atoms with Crippen LogP contribution in [0.3, 0.4) is 0 Å². The fourth-order valence-corrected chi connectivity index (χ4v) is 7.66. The highest BCUT2D eigenvalue weighted by Gasteiger charge is 2.60. The Balaban J connectivity index is 1.96. The van der Waals surface area contributed by atoms with Crippen LogP contribution in [0.5, 0.6) is 0 Å². The second-order valence-electron chi connectivity index (χ2n) is 15.0. The molecule has 33 heavy (non-hydrogen) atoms. The summed E-state index contributed by atoms with van der Waals surface area (Å²) in [5, 5.41) is 0. The van der Waals surface area contributed by atoms with Crippen LogP contribution >= 0.6 is 0 Å². The Morgan fingerprint density at radius 2 is 1.45 bits per heavy atom. The minimum Gasteiger partial charge on any atom is -0.0885 e. The number of rotatable bonds is 14. The molecule has 0 aromatic heterocycles. The van der Waals surface area contributed by atoms with Crippen molar-refractivity contribution in [1.82, 2.24) is 0 Å². The van der Waals surface area contributed by atoms with Crippen LogP contribution in [0, 0.1) is 63.1 Å². The summed E-state index contributed by atoms with van der Waals surface area (Å²) >= 11 is 0. The largest absolute Gasteiger partial charge is 0.0885 e. The molecule has 9 unspecified atom stereocenters. The molecule has 0 heterocycles. The Kier molecular flexibility index (Phi) is 9.12. The van der Waals surface area contributed by atoms with Gasteiger partial charge in [-0.05, 0) is 102 Å². The molecule has 0 saturated heterocycles. The standard InChI is InChI=1S/C33H62/c1-14-16-17-28-20-32(28,12)22-33(13)21-29(33)25(5)19-26(6)30(8,9)31(10,11)27(7)24(4)18-23(3)15-2/h16-17,23-29H,14-15,18-22H2,1-13H3. The molecule has 0 aromatic carbocycles. The van der Waals surface area contributed by atoms with Crippen LogP contribution in [-0.4, -0.2) is 0 Å². The monoisotopic (exact) mass is 458 g/mol. The van der Waals surface area contributed by atoms with Crippen LogP contribution in [0.4, 0.5) is 0 Å². The Morgan fingerprint density at radius 3 is 2.00 bits per heavy atom. The van der Waals surface area contributed by atoms with Crippen LogP contribution in [0.2, 0.25) is 0 Å². The second kappa shape index (κ2) is 10.4. The first-order valence-electron chi connectivity index (χ1n) is 14.7. The van der Waals surface area contributed by atoms with E-state index in [4.69, 9.17) is 0 Å². The molecule has 2 saturated carbocycles. The summed E-state index contributed by atoms with van der Waals surface area (Å²) in [6.07, 6.45) is 14.5. The summed E-state index contributed by atoms with van der Waals surface area (Å²) in [6.45, 7) is 32.7. The predicted molar refractivity (Wildman–Crippen MR) is 149 cm³/mol. The van der Waals surface area contributed by atoms with E-state index in [1.165, 1.54) is 44.9 Å². The molecular formula is C33H62. The third kappa shape index (κ3) is 6.30. The SMILES string of the molecule is CCC=CC1CC1(C)CC1(C)CC1C(C)CC(C)C(C)(C)C(C)(C)C(C)C(C)CC(C)CC. The average molecular weight is 459 g/mol. The van der Waals surface area contributed by atoms with Gasteiger partial charge >= 0.3 is 0 Å². The lowest BCUT2D eigenvalue weighted by atomic mass is 9.53. The van der Waals surface area contributed by atoms with Crippen molar-refractivity contribution < 1.29 is 0 Å². The fourth-order valence-electron chi connectivity index (χ4n) is 7.66. The zero-order valence-electron chi connectivity index (χ0n) is 25.1. The second-order valence-corrected chi connectivity index (χ2v) is 15.0. The van der Waals surface area contributed by atoms with Crippen LogP contribution in [0.25, 0.3) is 0 Å². The smallest absolute Gasteiger partial charge is 0.0174 e. The van der Waals surface area contributed by atoms with E-state index in [0.29, 0.717) is 21.7 Å². The van der Waals surface area contributed by atoms with Gasteiger partial charge in [0, 0.05) is 0 Å². The summed E-state index contributed by atoms with van der Waals surface area (Å²) in [7, 11) is 0. The molecule has 0 N–H and O–H groups in total. The van der Waals surface area contributed by atoms with Crippen molar-refractivity contribution in [3.8, 4) is 0 Å². The van der Waals surface area contributed by atoms with Gasteiger partial charge in [-0.3, -0.25) is 0 Å². The Labute approximate surface area is 210 Å². The number of hydrogen-bond donors (Lipinski definition) is 0. The van der Waals surface area contributed by atoms with Crippen LogP contribution < -0.4 is 0 Å². The Morgan fingerprint density at radius 1 is 0.848 bits per heavy atom. The van der Waals surface area contributed by atoms with Crippen LogP contribution in [0.1, 0.15) is 135 Å². The van der Waals surface area contributed by atoms with E-state index >= 15 is 0 Å². The van der Waals surface area contributed by atoms with E-state index in [-0.39, 0.29) is 0 Å². The maximum absolute atomic E-state index is 2.61. The molecule has 0 spiro atoms. The third-order valence-electron chi connectivity index (χ3n) is 12.0. The molecule has 194 valence electrons. The molecule has 9 atom stereocenters. The first-order chi connectivity index (χ1) is 15.1. The molecule has 0 heteroatoms. The van der Waals surface area contributed by atoms with Crippen LogP contribution in [-0.2, 0) is 0 Å². The highest BCUT2D eigenvalue weighted by molar-refractivity contribution is 5.15. The van der Waals surface area contributed by atoms with Gasteiger partial charge in [0.1, 0.15) is 0 Å². The molecule has 0 amide bonds. The Hall–Kier alpha value is -0.260. The molecule has 2 aliphatic rings. The zero-order chi connectivity index (χ0) is 25.4. The zero-order valence-corrected chi connectivity index (χ0v) is 25.1. The van der Waals surface area contributed by atoms with Crippen molar-refractivity contribution in [2.75, 3.05) is 0 Å². The van der Waals surface area contributed by atoms with E-state index < -0.39 is 0 Å². The van der Waals surface area contributed by atoms with Gasteiger partial charge in [-0.15, -0.1) is 0 Å². The average Bonchev–Trinajstić information content (AvgIpc) is 3.59. The van der Waals surface area contributed by atoms with E-state index in [1.54, 1.807) is 0 Å². The lowest BCUT2D eigenvalue weighted by Crippen LogP contribution is -2.45. The van der Waals surface area contributed by atoms with Gasteiger partial charge in [0.2, 0.25) is 0 Å². The summed E-state index contributed by atoms with van der Waals surface area (Å²) in [6, 6.07) is 0. The summed E-state index contributed by atoms with van der Waals surface area (Å²) in [4.78, 5) is 0. The minimum absolute atomic E-state index is 0.339. The molecule has 2 fully saturated rings. The van der Waals surface area contributed by atoms with E-state index in [0.717, 1.165) is 41.4 Å². The van der Waals surface area contributed by atoms with Crippen molar-refractivity contribution in [2.45, 2.75) is 135 Å². The molecule has 2 rings (SSSR count). The van der Waals surface area contributed by atoms with Crippen molar-refractivity contribution in [2.24, 2.45) is 63.1 Å². The number of hydrogen-bond acceptors (Lipinski definition) is 0. The normalized spacial score (nSPS) is 34.7. The first kappa shape index (κ1) is 29.0. The van der Waals surface area contributed by atoms with Gasteiger partial charge in [0.15, 0.2) is 0 Å². The quantitative estimate of drug-likeness (QED) is 0.227. The summed E-state index contributed by atoms with van der Waals surface area (Å²) < 4.78 is 0. The third-order valence-corrected chi connectivity index (χ3v) is 12.0. The van der Waals surface area contributed by atoms with Gasteiger partial charge in [0.25, 0.3) is 0 Å². The predicted octanol–water partition coefficient (Wildman–Crippen LogP) is 10.8. The van der Waals surface area contributed by atoms with Gasteiger partial charge in [-0.1, -0.05) is 109 Å². The van der Waals surface area contributed by atoms with E-state index in [1.807, 2.05) is 0 Å². The van der Waals surface area contributed by atoms with E-state index in [2.05, 4.69) is 102 Å².